The topological polar surface area (TPSA) is 41.9 Å². The van der Waals surface area contributed by atoms with Crippen molar-refractivity contribution in [3.63, 3.8) is 0 Å². The molecule has 0 radical (unpaired) electrons. The molecule has 0 atom stereocenters. The smallest absolute Gasteiger partial charge is 0.264 e. The van der Waals surface area contributed by atoms with Gasteiger partial charge in [-0.3, -0.25) is 9.69 Å². The Balaban J connectivity index is 1.80. The van der Waals surface area contributed by atoms with E-state index >= 15 is 0 Å². The fourth-order valence-electron chi connectivity index (χ4n) is 3.52. The highest BCUT2D eigenvalue weighted by atomic mass is 16.5. The lowest BCUT2D eigenvalue weighted by molar-refractivity contribution is 0.101. The quantitative estimate of drug-likeness (QED) is 0.708. The molecule has 3 aromatic rings. The maximum Gasteiger partial charge on any atom is 0.264 e. The van der Waals surface area contributed by atoms with Gasteiger partial charge in [-0.05, 0) is 42.6 Å². The lowest BCUT2D eigenvalue weighted by Crippen LogP contribution is -2.31. The van der Waals surface area contributed by atoms with Crippen LogP contribution in [0, 0.1) is 0 Å². The summed E-state index contributed by atoms with van der Waals surface area (Å²) in [5.41, 5.74) is 3.29. The van der Waals surface area contributed by atoms with E-state index < -0.39 is 0 Å². The summed E-state index contributed by atoms with van der Waals surface area (Å²) in [6.45, 7) is 2.53. The number of amides is 1. The van der Waals surface area contributed by atoms with E-state index in [4.69, 9.17) is 9.73 Å². The van der Waals surface area contributed by atoms with Crippen LogP contribution in [-0.2, 0) is 0 Å². The number of nitrogens with zero attached hydrogens (tertiary/aromatic N) is 2. The number of benzene rings is 3. The number of anilines is 1. The van der Waals surface area contributed by atoms with Crippen molar-refractivity contribution in [3.05, 3.63) is 65.7 Å². The Bertz CT molecular complexity index is 1050. The van der Waals surface area contributed by atoms with E-state index in [0.29, 0.717) is 18.0 Å². The van der Waals surface area contributed by atoms with Gasteiger partial charge in [0, 0.05) is 10.9 Å². The van der Waals surface area contributed by atoms with Crippen LogP contribution in [0.3, 0.4) is 0 Å². The molecule has 4 heteroatoms. The van der Waals surface area contributed by atoms with E-state index in [2.05, 4.69) is 0 Å². The van der Waals surface area contributed by atoms with E-state index in [1.54, 1.807) is 4.90 Å². The standard InChI is InChI=1S/C20H14N2O2/c1-2-24-13-9-10-14-15(11-13)19-21-16-7-3-5-12-6-4-8-17(18(12)16)22(19)20(14)23/h3-11H,2H2,1H3. The molecule has 2 aliphatic heterocycles. The first kappa shape index (κ1) is 13.3. The molecule has 0 saturated heterocycles. The molecule has 2 heterocycles. The molecule has 0 aliphatic carbocycles. The summed E-state index contributed by atoms with van der Waals surface area (Å²) in [5, 5.41) is 2.11. The van der Waals surface area contributed by atoms with E-state index in [1.807, 2.05) is 61.5 Å². The molecule has 116 valence electrons. The summed E-state index contributed by atoms with van der Waals surface area (Å²) >= 11 is 0. The molecule has 2 aliphatic rings. The van der Waals surface area contributed by atoms with Crippen molar-refractivity contribution in [3.8, 4) is 5.75 Å². The Morgan fingerprint density at radius 1 is 1.04 bits per heavy atom. The van der Waals surface area contributed by atoms with Gasteiger partial charge in [-0.2, -0.15) is 0 Å². The number of aliphatic imine (C=N–C) groups is 1. The average molecular weight is 314 g/mol. The summed E-state index contributed by atoms with van der Waals surface area (Å²) in [4.78, 5) is 19.5. The van der Waals surface area contributed by atoms with Crippen molar-refractivity contribution < 1.29 is 9.53 Å². The van der Waals surface area contributed by atoms with Crippen molar-refractivity contribution in [2.24, 2.45) is 4.99 Å². The summed E-state index contributed by atoms with van der Waals surface area (Å²) in [7, 11) is 0. The number of carbonyl (C=O) groups is 1. The van der Waals surface area contributed by atoms with E-state index in [0.717, 1.165) is 33.5 Å². The third kappa shape index (κ3) is 1.62. The molecule has 0 aromatic heterocycles. The third-order valence-corrected chi connectivity index (χ3v) is 4.52. The van der Waals surface area contributed by atoms with Crippen LogP contribution < -0.4 is 9.64 Å². The molecule has 0 fully saturated rings. The van der Waals surface area contributed by atoms with Crippen LogP contribution in [0.25, 0.3) is 10.8 Å². The van der Waals surface area contributed by atoms with Crippen LogP contribution in [-0.4, -0.2) is 18.3 Å². The fraction of sp³-hybridized carbons (Fsp3) is 0.100. The van der Waals surface area contributed by atoms with Gasteiger partial charge in [-0.15, -0.1) is 0 Å². The number of amidine groups is 1. The van der Waals surface area contributed by atoms with Gasteiger partial charge in [0.15, 0.2) is 0 Å². The highest BCUT2D eigenvalue weighted by molar-refractivity contribution is 6.40. The predicted molar refractivity (Wildman–Crippen MR) is 94.6 cm³/mol. The minimum Gasteiger partial charge on any atom is -0.494 e. The van der Waals surface area contributed by atoms with Crippen molar-refractivity contribution in [1.82, 2.24) is 0 Å². The first-order valence-corrected chi connectivity index (χ1v) is 8.00. The molecule has 0 saturated carbocycles. The number of fused-ring (bicyclic) bond motifs is 4. The SMILES string of the molecule is CCOc1ccc2c(c1)C1=Nc3cccc4cccc(c34)N1C2=O. The van der Waals surface area contributed by atoms with Crippen molar-refractivity contribution in [2.75, 3.05) is 11.5 Å². The number of rotatable bonds is 2. The largest absolute Gasteiger partial charge is 0.494 e. The lowest BCUT2D eigenvalue weighted by Gasteiger charge is -2.24. The minimum atomic E-state index is -0.0335. The molecule has 5 rings (SSSR count). The summed E-state index contributed by atoms with van der Waals surface area (Å²) < 4.78 is 5.59. The highest BCUT2D eigenvalue weighted by Crippen LogP contribution is 2.43. The molecule has 4 nitrogen and oxygen atoms in total. The Kier molecular flexibility index (Phi) is 2.59. The van der Waals surface area contributed by atoms with Gasteiger partial charge in [0.05, 0.1) is 23.5 Å². The van der Waals surface area contributed by atoms with Crippen LogP contribution in [0.2, 0.25) is 0 Å². The second-order valence-corrected chi connectivity index (χ2v) is 5.87. The summed E-state index contributed by atoms with van der Waals surface area (Å²) in [6, 6.07) is 17.6. The van der Waals surface area contributed by atoms with Crippen LogP contribution in [0.5, 0.6) is 5.75 Å². The molecule has 3 aromatic carbocycles. The van der Waals surface area contributed by atoms with Gasteiger partial charge in [0.25, 0.3) is 5.91 Å². The maximum atomic E-state index is 13.0. The van der Waals surface area contributed by atoms with Gasteiger partial charge in [0.1, 0.15) is 11.6 Å². The average Bonchev–Trinajstić information content (AvgIpc) is 2.88. The van der Waals surface area contributed by atoms with Gasteiger partial charge in [-0.25, -0.2) is 4.99 Å². The molecule has 0 spiro atoms. The van der Waals surface area contributed by atoms with Crippen LogP contribution in [0.4, 0.5) is 11.4 Å². The predicted octanol–water partition coefficient (Wildman–Crippen LogP) is 4.29. The number of ether oxygens (including phenoxy) is 1. The zero-order valence-corrected chi connectivity index (χ0v) is 13.1. The molecule has 0 bridgehead atoms. The Labute approximate surface area is 139 Å². The van der Waals surface area contributed by atoms with E-state index in [-0.39, 0.29) is 5.91 Å². The monoisotopic (exact) mass is 314 g/mol. The Morgan fingerprint density at radius 2 is 1.88 bits per heavy atom. The van der Waals surface area contributed by atoms with Crippen LogP contribution in [0.15, 0.2) is 59.6 Å². The normalized spacial score (nSPS) is 14.5. The Hall–Kier alpha value is -3.14. The van der Waals surface area contributed by atoms with Gasteiger partial charge < -0.3 is 4.74 Å². The van der Waals surface area contributed by atoms with Gasteiger partial charge in [-0.1, -0.05) is 24.3 Å². The molecular weight excluding hydrogens is 300 g/mol. The van der Waals surface area contributed by atoms with Crippen molar-refractivity contribution in [1.29, 1.82) is 0 Å². The first-order chi connectivity index (χ1) is 11.8. The minimum absolute atomic E-state index is 0.0335. The maximum absolute atomic E-state index is 13.0. The molecule has 1 amide bonds. The zero-order chi connectivity index (χ0) is 16.3. The number of carbonyl (C=O) groups excluding carboxylic acids is 1. The molecule has 0 N–H and O–H groups in total. The van der Waals surface area contributed by atoms with Crippen LogP contribution >= 0.6 is 0 Å². The van der Waals surface area contributed by atoms with E-state index in [1.165, 1.54) is 0 Å². The van der Waals surface area contributed by atoms with E-state index in [9.17, 15) is 4.79 Å². The zero-order valence-electron chi connectivity index (χ0n) is 13.1. The second kappa shape index (κ2) is 4.68. The second-order valence-electron chi connectivity index (χ2n) is 5.87. The Morgan fingerprint density at radius 3 is 2.71 bits per heavy atom. The molecule has 0 unspecified atom stereocenters. The number of hydrogen-bond acceptors (Lipinski definition) is 3. The number of hydrogen-bond donors (Lipinski definition) is 0. The lowest BCUT2D eigenvalue weighted by atomic mass is 10.0. The highest BCUT2D eigenvalue weighted by Gasteiger charge is 2.38. The molecule has 24 heavy (non-hydrogen) atoms. The van der Waals surface area contributed by atoms with Crippen LogP contribution in [0.1, 0.15) is 22.8 Å². The summed E-state index contributed by atoms with van der Waals surface area (Å²) in [6.07, 6.45) is 0. The fourth-order valence-corrected chi connectivity index (χ4v) is 3.52. The van der Waals surface area contributed by atoms with Crippen molar-refractivity contribution in [2.45, 2.75) is 6.92 Å². The van der Waals surface area contributed by atoms with Gasteiger partial charge >= 0.3 is 0 Å². The molecular formula is C20H14N2O2. The third-order valence-electron chi connectivity index (χ3n) is 4.52. The van der Waals surface area contributed by atoms with Crippen molar-refractivity contribution >= 4 is 33.9 Å². The summed E-state index contributed by atoms with van der Waals surface area (Å²) in [5.74, 6) is 1.40. The first-order valence-electron chi connectivity index (χ1n) is 8.00. The van der Waals surface area contributed by atoms with Gasteiger partial charge in [0.2, 0.25) is 0 Å².